The van der Waals surface area contributed by atoms with Crippen molar-refractivity contribution in [2.75, 3.05) is 99.8 Å². The monoisotopic (exact) mass is 897 g/mol. The number of piperazine rings is 1. The van der Waals surface area contributed by atoms with Crippen molar-refractivity contribution in [2.45, 2.75) is 51.3 Å². The Labute approximate surface area is 380 Å². The first-order valence-corrected chi connectivity index (χ1v) is 23.2. The van der Waals surface area contributed by atoms with Gasteiger partial charge in [0.05, 0.1) is 66.5 Å². The molecule has 5 aromatic heterocycles. The van der Waals surface area contributed by atoms with E-state index in [1.807, 2.05) is 44.7 Å². The number of aryl methyl sites for hydroxylation is 2. The SMILES string of the molecule is Cc1nn(C2CCC(=O)NC2=O)c(=O)c2ccc(N3CCN(CC4CCN(CC5CN(c6cnc(N7CCO[C@H](Cn8nnc9nc(-c%10cnn(C)c%10)cnc98)C7)nc6)C5)CC4)CC3)cc12. The minimum Gasteiger partial charge on any atom is -0.373 e. The second-order valence-electron chi connectivity index (χ2n) is 18.6. The van der Waals surface area contributed by atoms with Gasteiger partial charge < -0.3 is 24.3 Å². The number of morpholine rings is 1. The average Bonchev–Trinajstić information content (AvgIpc) is 3.95. The van der Waals surface area contributed by atoms with Crippen molar-refractivity contribution in [1.82, 2.24) is 69.6 Å². The highest BCUT2D eigenvalue weighted by molar-refractivity contribution is 5.99. The zero-order chi connectivity index (χ0) is 44.9. The van der Waals surface area contributed by atoms with Crippen LogP contribution in [0.25, 0.3) is 33.3 Å². The van der Waals surface area contributed by atoms with Crippen LogP contribution in [0, 0.1) is 18.8 Å². The first-order chi connectivity index (χ1) is 32.2. The van der Waals surface area contributed by atoms with Crippen LogP contribution >= 0.6 is 0 Å². The number of likely N-dealkylation sites (tertiary alicyclic amines) is 1. The fourth-order valence-corrected chi connectivity index (χ4v) is 10.3. The summed E-state index contributed by atoms with van der Waals surface area (Å²) in [5.74, 6) is 1.29. The molecule has 5 saturated heterocycles. The van der Waals surface area contributed by atoms with Crippen LogP contribution in [-0.2, 0) is 27.9 Å². The number of imide groups is 1. The van der Waals surface area contributed by atoms with Gasteiger partial charge in [-0.05, 0) is 63.4 Å². The van der Waals surface area contributed by atoms with Crippen molar-refractivity contribution >= 4 is 51.2 Å². The number of carbonyl (C=O) groups is 2. The zero-order valence-electron chi connectivity index (χ0n) is 37.4. The van der Waals surface area contributed by atoms with E-state index in [1.165, 1.54) is 17.5 Å². The van der Waals surface area contributed by atoms with Crippen LogP contribution < -0.4 is 25.6 Å². The number of amides is 2. The van der Waals surface area contributed by atoms with Crippen LogP contribution in [0.4, 0.5) is 17.3 Å². The van der Waals surface area contributed by atoms with E-state index in [9.17, 15) is 14.4 Å². The highest BCUT2D eigenvalue weighted by Crippen LogP contribution is 2.29. The lowest BCUT2D eigenvalue weighted by Crippen LogP contribution is -2.53. The number of anilines is 3. The summed E-state index contributed by atoms with van der Waals surface area (Å²) in [5, 5.41) is 21.0. The minimum atomic E-state index is -0.774. The number of nitrogens with one attached hydrogen (secondary N) is 1. The summed E-state index contributed by atoms with van der Waals surface area (Å²) in [6, 6.07) is 5.16. The highest BCUT2D eigenvalue weighted by Gasteiger charge is 2.33. The van der Waals surface area contributed by atoms with Gasteiger partial charge in [-0.3, -0.25) is 29.3 Å². The number of hydrogen-bond acceptors (Lipinski definition) is 17. The lowest BCUT2D eigenvalue weighted by molar-refractivity contribution is -0.136. The highest BCUT2D eigenvalue weighted by atomic mass is 16.5. The minimum absolute atomic E-state index is 0.127. The molecule has 1 unspecified atom stereocenters. The largest absolute Gasteiger partial charge is 0.373 e. The van der Waals surface area contributed by atoms with E-state index >= 15 is 0 Å². The molecule has 344 valence electrons. The molecule has 0 spiro atoms. The number of fused-ring (bicyclic) bond motifs is 2. The molecule has 1 aromatic carbocycles. The van der Waals surface area contributed by atoms with Gasteiger partial charge in [-0.2, -0.15) is 10.2 Å². The average molecular weight is 898 g/mol. The van der Waals surface area contributed by atoms with Gasteiger partial charge in [0.15, 0.2) is 5.65 Å². The molecule has 6 aromatic rings. The Bertz CT molecular complexity index is 2800. The number of rotatable bonds is 11. The van der Waals surface area contributed by atoms with Crippen molar-refractivity contribution in [3.63, 3.8) is 0 Å². The van der Waals surface area contributed by atoms with Crippen LogP contribution in [0.15, 0.2) is 54.0 Å². The Morgan fingerprint density at radius 1 is 0.773 bits per heavy atom. The summed E-state index contributed by atoms with van der Waals surface area (Å²) >= 11 is 0. The van der Waals surface area contributed by atoms with E-state index in [0.29, 0.717) is 65.5 Å². The standard InChI is InChI=1S/C45H55N17O4/c1-29-37-17-33(3-4-36(37)44(65)62(53-29)39-5-6-40(63)51-43(39)64)58-13-11-57(12-14-58)22-30-7-9-56(10-8-30)23-31-24-60(25-31)34-19-47-45(48-20-34)59-15-16-66-35(27-59)28-61-42-41(52-54-61)50-38(21-46-42)32-18-49-55(2)26-32/h3-4,17-21,26,30-31,35,39H,5-16,22-25,27-28H2,1-2H3,(H,51,63,64)/t35-,39?/m0/s1. The van der Waals surface area contributed by atoms with Crippen molar-refractivity contribution in [3.8, 4) is 11.3 Å². The van der Waals surface area contributed by atoms with E-state index in [1.54, 1.807) is 21.8 Å². The quantitative estimate of drug-likeness (QED) is 0.182. The smallest absolute Gasteiger partial charge is 0.275 e. The summed E-state index contributed by atoms with van der Waals surface area (Å²) < 4.78 is 10.9. The molecule has 5 aliphatic rings. The Morgan fingerprint density at radius 2 is 1.56 bits per heavy atom. The van der Waals surface area contributed by atoms with Crippen LogP contribution in [0.2, 0.25) is 0 Å². The van der Waals surface area contributed by atoms with Gasteiger partial charge in [0.25, 0.3) is 11.5 Å². The molecule has 0 bridgehead atoms. The molecule has 5 fully saturated rings. The van der Waals surface area contributed by atoms with Gasteiger partial charge in [-0.25, -0.2) is 29.3 Å². The molecule has 2 amide bonds. The van der Waals surface area contributed by atoms with E-state index in [4.69, 9.17) is 14.7 Å². The third-order valence-corrected chi connectivity index (χ3v) is 14.0. The molecule has 1 N–H and O–H groups in total. The molecule has 0 aliphatic carbocycles. The maximum Gasteiger partial charge on any atom is 0.275 e. The first kappa shape index (κ1) is 42.2. The molecule has 66 heavy (non-hydrogen) atoms. The second-order valence-corrected chi connectivity index (χ2v) is 18.6. The molecule has 2 atom stereocenters. The van der Waals surface area contributed by atoms with Gasteiger partial charge in [-0.1, -0.05) is 5.21 Å². The van der Waals surface area contributed by atoms with E-state index in [2.05, 4.69) is 66.4 Å². The number of hydrogen-bond donors (Lipinski definition) is 1. The van der Waals surface area contributed by atoms with Gasteiger partial charge in [-0.15, -0.1) is 5.10 Å². The first-order valence-electron chi connectivity index (χ1n) is 23.2. The number of aromatic nitrogens is 11. The van der Waals surface area contributed by atoms with Crippen LogP contribution in [0.3, 0.4) is 0 Å². The molecule has 0 radical (unpaired) electrons. The number of benzene rings is 1. The lowest BCUT2D eigenvalue weighted by atomic mass is 9.93. The Balaban J connectivity index is 0.603. The summed E-state index contributed by atoms with van der Waals surface area (Å²) in [5.41, 5.74) is 5.24. The third-order valence-electron chi connectivity index (χ3n) is 14.0. The van der Waals surface area contributed by atoms with Crippen molar-refractivity contribution < 1.29 is 14.3 Å². The maximum absolute atomic E-state index is 13.4. The molecule has 0 saturated carbocycles. The number of piperidine rings is 2. The normalized spacial score (nSPS) is 21.8. The molecule has 5 aliphatic heterocycles. The number of carbonyl (C=O) groups excluding carboxylic acids is 2. The number of ether oxygens (including phenoxy) is 1. The summed E-state index contributed by atoms with van der Waals surface area (Å²) in [6.07, 6.45) is 12.1. The fraction of sp³-hybridized carbons (Fsp3) is 0.533. The Morgan fingerprint density at radius 3 is 2.33 bits per heavy atom. The molecule has 10 heterocycles. The third kappa shape index (κ3) is 8.57. The fourth-order valence-electron chi connectivity index (χ4n) is 10.3. The van der Waals surface area contributed by atoms with Crippen LogP contribution in [0.1, 0.15) is 37.4 Å². The predicted octanol–water partition coefficient (Wildman–Crippen LogP) is 1.28. The molecule has 21 heteroatoms. The maximum atomic E-state index is 13.4. The van der Waals surface area contributed by atoms with Crippen molar-refractivity contribution in [1.29, 1.82) is 0 Å². The van der Waals surface area contributed by atoms with E-state index < -0.39 is 11.9 Å². The summed E-state index contributed by atoms with van der Waals surface area (Å²) in [6.45, 7) is 14.8. The lowest BCUT2D eigenvalue weighted by Gasteiger charge is -2.44. The van der Waals surface area contributed by atoms with Gasteiger partial charge >= 0.3 is 0 Å². The van der Waals surface area contributed by atoms with E-state index in [-0.39, 0.29) is 30.4 Å². The second kappa shape index (κ2) is 17.7. The summed E-state index contributed by atoms with van der Waals surface area (Å²) in [4.78, 5) is 68.6. The summed E-state index contributed by atoms with van der Waals surface area (Å²) in [7, 11) is 1.87. The Kier molecular flexibility index (Phi) is 11.3. The van der Waals surface area contributed by atoms with Gasteiger partial charge in [0.2, 0.25) is 17.5 Å². The Hall–Kier alpha value is -6.45. The predicted molar refractivity (Wildman–Crippen MR) is 245 cm³/mol. The van der Waals surface area contributed by atoms with Crippen molar-refractivity contribution in [3.05, 3.63) is 65.2 Å². The number of nitrogens with zero attached hydrogens (tertiary/aromatic N) is 16. The zero-order valence-corrected chi connectivity index (χ0v) is 37.4. The van der Waals surface area contributed by atoms with E-state index in [0.717, 1.165) is 94.3 Å². The van der Waals surface area contributed by atoms with Gasteiger partial charge in [0.1, 0.15) is 6.04 Å². The molecule has 11 rings (SSSR count). The topological polar surface area (TPSA) is 207 Å². The van der Waals surface area contributed by atoms with Gasteiger partial charge in [0, 0.05) is 108 Å². The van der Waals surface area contributed by atoms with Crippen LogP contribution in [0.5, 0.6) is 0 Å². The van der Waals surface area contributed by atoms with Crippen LogP contribution in [-0.4, -0.2) is 167 Å². The molecule has 21 nitrogen and oxygen atoms in total. The molecular formula is C45H55N17O4. The molecular weight excluding hydrogens is 843 g/mol. The van der Waals surface area contributed by atoms with Crippen molar-refractivity contribution in [2.24, 2.45) is 18.9 Å².